The number of nitrogens with zero attached hydrogens (tertiary/aromatic N) is 2. The van der Waals surface area contributed by atoms with Crippen molar-refractivity contribution >= 4 is 18.1 Å². The number of allylic oxidation sites excluding steroid dienone is 3. The average molecular weight is 525 g/mol. The Labute approximate surface area is 229 Å². The number of amides is 2. The number of rotatable bonds is 1. The molecule has 0 unspecified atom stereocenters. The molecule has 6 nitrogen and oxygen atoms in total. The summed E-state index contributed by atoms with van der Waals surface area (Å²) in [5.74, 6) is -0.607. The van der Waals surface area contributed by atoms with Crippen LogP contribution in [0.3, 0.4) is 0 Å². The van der Waals surface area contributed by atoms with E-state index in [1.807, 2.05) is 17.1 Å². The van der Waals surface area contributed by atoms with E-state index in [9.17, 15) is 19.5 Å². The van der Waals surface area contributed by atoms with Gasteiger partial charge in [-0.1, -0.05) is 69.2 Å². The Morgan fingerprint density at radius 3 is 2.37 bits per heavy atom. The molecule has 2 saturated heterocycles. The quantitative estimate of drug-likeness (QED) is 0.370. The Morgan fingerprint density at radius 1 is 0.842 bits per heavy atom. The van der Waals surface area contributed by atoms with Gasteiger partial charge in [0.05, 0.1) is 6.10 Å². The molecule has 1 N–H and O–H groups in total. The van der Waals surface area contributed by atoms with E-state index in [0.29, 0.717) is 45.4 Å². The van der Waals surface area contributed by atoms with Gasteiger partial charge in [0, 0.05) is 49.0 Å². The highest BCUT2D eigenvalue weighted by molar-refractivity contribution is 6.03. The van der Waals surface area contributed by atoms with Crippen LogP contribution >= 0.6 is 0 Å². The van der Waals surface area contributed by atoms with Crippen molar-refractivity contribution < 1.29 is 19.5 Å². The molecule has 3 fully saturated rings. The predicted octanol–water partition coefficient (Wildman–Crippen LogP) is 5.37. The number of fused-ring (bicyclic) bond motifs is 4. The monoisotopic (exact) mass is 524 g/mol. The molecule has 38 heavy (non-hydrogen) atoms. The summed E-state index contributed by atoms with van der Waals surface area (Å²) in [7, 11) is 0. The molecule has 1 spiro atoms. The van der Waals surface area contributed by atoms with Crippen molar-refractivity contribution in [3.05, 3.63) is 36.0 Å². The van der Waals surface area contributed by atoms with Gasteiger partial charge in [-0.25, -0.2) is 0 Å². The Balaban J connectivity index is 1.71. The van der Waals surface area contributed by atoms with Crippen molar-refractivity contribution in [2.24, 2.45) is 17.3 Å². The minimum absolute atomic E-state index is 0.0402. The molecule has 4 rings (SSSR count). The average Bonchev–Trinajstić information content (AvgIpc) is 2.91. The van der Waals surface area contributed by atoms with Crippen molar-refractivity contribution in [3.8, 4) is 0 Å². The molecule has 210 valence electrons. The SMILES string of the molecule is O=CN1CCCCCCCCCC[C@@]23C[C@@H]4C(=O)N(CCC/C=C/C/C=C/C[C@@H](O)/C=C\2C(=O)[C@@H]4CC1)C3. The molecule has 6 heteroatoms. The fourth-order valence-corrected chi connectivity index (χ4v) is 7.15. The second kappa shape index (κ2) is 14.3. The molecule has 3 heterocycles. The summed E-state index contributed by atoms with van der Waals surface area (Å²) in [4.78, 5) is 43.7. The summed E-state index contributed by atoms with van der Waals surface area (Å²) in [6, 6.07) is 0. The molecular weight excluding hydrogens is 476 g/mol. The smallest absolute Gasteiger partial charge is 0.226 e. The van der Waals surface area contributed by atoms with E-state index < -0.39 is 12.0 Å². The molecular formula is C32H48N2O4. The van der Waals surface area contributed by atoms with E-state index in [1.165, 1.54) is 25.7 Å². The zero-order valence-corrected chi connectivity index (χ0v) is 23.2. The van der Waals surface area contributed by atoms with Gasteiger partial charge in [-0.2, -0.15) is 0 Å². The maximum absolute atomic E-state index is 14.2. The van der Waals surface area contributed by atoms with Crippen molar-refractivity contribution in [2.45, 2.75) is 102 Å². The van der Waals surface area contributed by atoms with Crippen LogP contribution in [-0.4, -0.2) is 65.3 Å². The third-order valence-electron chi connectivity index (χ3n) is 9.26. The number of carbonyl (C=O) groups is 3. The second-order valence-electron chi connectivity index (χ2n) is 12.0. The molecule has 2 amide bonds. The molecule has 3 aliphatic heterocycles. The van der Waals surface area contributed by atoms with Gasteiger partial charge < -0.3 is 14.9 Å². The van der Waals surface area contributed by atoms with Gasteiger partial charge >= 0.3 is 0 Å². The third-order valence-corrected chi connectivity index (χ3v) is 9.26. The number of hydrogen-bond donors (Lipinski definition) is 1. The first kappa shape index (κ1) is 28.8. The van der Waals surface area contributed by atoms with Gasteiger partial charge in [-0.05, 0) is 57.4 Å². The first-order valence-corrected chi connectivity index (χ1v) is 15.3. The number of hydrogen-bond acceptors (Lipinski definition) is 4. The number of Topliss-reactive ketones (excluding diaryl/α,β-unsaturated/α-hetero) is 1. The summed E-state index contributed by atoms with van der Waals surface area (Å²) in [5, 5.41) is 11.0. The lowest BCUT2D eigenvalue weighted by Crippen LogP contribution is -2.59. The molecule has 4 atom stereocenters. The van der Waals surface area contributed by atoms with Crippen LogP contribution in [0.1, 0.15) is 96.3 Å². The number of piperidine rings is 1. The minimum Gasteiger partial charge on any atom is -0.389 e. The van der Waals surface area contributed by atoms with Crippen LogP contribution < -0.4 is 0 Å². The molecule has 0 aromatic rings. The minimum atomic E-state index is -0.722. The van der Waals surface area contributed by atoms with Crippen LogP contribution in [0.5, 0.6) is 0 Å². The molecule has 4 bridgehead atoms. The molecule has 0 radical (unpaired) electrons. The number of aliphatic hydroxyl groups excluding tert-OH is 1. The zero-order valence-electron chi connectivity index (χ0n) is 23.2. The van der Waals surface area contributed by atoms with Crippen LogP contribution in [0.4, 0.5) is 0 Å². The molecule has 4 aliphatic rings. The van der Waals surface area contributed by atoms with Gasteiger partial charge in [-0.15, -0.1) is 0 Å². The van der Waals surface area contributed by atoms with E-state index in [0.717, 1.165) is 63.3 Å². The van der Waals surface area contributed by atoms with Crippen LogP contribution in [0.2, 0.25) is 0 Å². The first-order chi connectivity index (χ1) is 18.5. The summed E-state index contributed by atoms with van der Waals surface area (Å²) in [6.07, 6.45) is 24.8. The summed E-state index contributed by atoms with van der Waals surface area (Å²) < 4.78 is 0. The summed E-state index contributed by atoms with van der Waals surface area (Å²) in [5.41, 5.74) is 0.373. The highest BCUT2D eigenvalue weighted by atomic mass is 16.3. The van der Waals surface area contributed by atoms with Crippen LogP contribution in [-0.2, 0) is 14.4 Å². The topological polar surface area (TPSA) is 77.9 Å². The van der Waals surface area contributed by atoms with Crippen LogP contribution in [0.15, 0.2) is 36.0 Å². The fraction of sp³-hybridized carbons (Fsp3) is 0.719. The maximum Gasteiger partial charge on any atom is 0.226 e. The maximum atomic E-state index is 14.2. The van der Waals surface area contributed by atoms with Gasteiger partial charge in [-0.3, -0.25) is 14.4 Å². The van der Waals surface area contributed by atoms with Crippen molar-refractivity contribution in [3.63, 3.8) is 0 Å². The fourth-order valence-electron chi connectivity index (χ4n) is 7.15. The standard InChI is InChI=1S/C32H48N2O4/c35-25-33-19-14-10-6-2-1-5-9-13-18-32-23-28-27(17-21-33)30(37)29(32)22-26(36)16-12-8-4-3-7-11-15-20-34(24-32)31(28)38/h3,7-8,12,22,25-28,36H,1-2,4-6,9-11,13-21,23-24H2/b7-3+,12-8+,29-22-/t26-,27-,28+,32+/m1/s1. The molecule has 0 aromatic heterocycles. The van der Waals surface area contributed by atoms with E-state index >= 15 is 0 Å². The van der Waals surface area contributed by atoms with Crippen molar-refractivity contribution in [1.29, 1.82) is 0 Å². The van der Waals surface area contributed by atoms with E-state index in [-0.39, 0.29) is 23.0 Å². The van der Waals surface area contributed by atoms with Gasteiger partial charge in [0.1, 0.15) is 0 Å². The second-order valence-corrected chi connectivity index (χ2v) is 12.0. The largest absolute Gasteiger partial charge is 0.389 e. The Hall–Kier alpha value is -2.21. The summed E-state index contributed by atoms with van der Waals surface area (Å²) in [6.45, 7) is 2.49. The van der Waals surface area contributed by atoms with E-state index in [1.54, 1.807) is 4.90 Å². The molecule has 1 saturated carbocycles. The number of carbonyl (C=O) groups excluding carboxylic acids is 3. The van der Waals surface area contributed by atoms with E-state index in [4.69, 9.17) is 0 Å². The zero-order chi connectivity index (χ0) is 26.8. The van der Waals surface area contributed by atoms with Crippen LogP contribution in [0.25, 0.3) is 0 Å². The highest BCUT2D eigenvalue weighted by Gasteiger charge is 2.56. The normalized spacial score (nSPS) is 35.9. The first-order valence-electron chi connectivity index (χ1n) is 15.3. The molecule has 0 aromatic carbocycles. The lowest BCUT2D eigenvalue weighted by Gasteiger charge is -2.53. The van der Waals surface area contributed by atoms with Crippen molar-refractivity contribution in [2.75, 3.05) is 26.2 Å². The Bertz CT molecular complexity index is 909. The molecule has 1 aliphatic carbocycles. The van der Waals surface area contributed by atoms with Gasteiger partial charge in [0.15, 0.2) is 5.78 Å². The van der Waals surface area contributed by atoms with Crippen LogP contribution in [0, 0.1) is 17.3 Å². The Morgan fingerprint density at radius 2 is 1.58 bits per heavy atom. The van der Waals surface area contributed by atoms with Gasteiger partial charge in [0.2, 0.25) is 12.3 Å². The number of ketones is 1. The van der Waals surface area contributed by atoms with E-state index in [2.05, 4.69) is 18.2 Å². The lowest BCUT2D eigenvalue weighted by molar-refractivity contribution is -0.153. The van der Waals surface area contributed by atoms with Crippen molar-refractivity contribution in [1.82, 2.24) is 9.80 Å². The lowest BCUT2D eigenvalue weighted by atomic mass is 9.56. The third kappa shape index (κ3) is 7.25. The predicted molar refractivity (Wildman–Crippen MR) is 150 cm³/mol. The number of aliphatic hydroxyl groups is 1. The van der Waals surface area contributed by atoms with Gasteiger partial charge in [0.25, 0.3) is 0 Å². The Kier molecular flexibility index (Phi) is 10.8. The summed E-state index contributed by atoms with van der Waals surface area (Å²) >= 11 is 0. The highest BCUT2D eigenvalue weighted by Crippen LogP contribution is 2.52.